The molecule has 4 heteroatoms. The first-order valence-corrected chi connectivity index (χ1v) is 8.08. The maximum absolute atomic E-state index is 5.80. The van der Waals surface area contributed by atoms with Gasteiger partial charge in [0.15, 0.2) is 11.5 Å². The van der Waals surface area contributed by atoms with Crippen molar-refractivity contribution in [1.82, 2.24) is 0 Å². The number of hydrogen-bond donors (Lipinski definition) is 0. The van der Waals surface area contributed by atoms with E-state index in [0.717, 1.165) is 24.3 Å². The monoisotopic (exact) mass is 318 g/mol. The minimum absolute atomic E-state index is 0.0826. The lowest BCUT2D eigenvalue weighted by atomic mass is 9.87. The predicted octanol–water partition coefficient (Wildman–Crippen LogP) is 5.00. The molecule has 0 heterocycles. The minimum Gasteiger partial charge on any atom is -0.490 e. The summed E-state index contributed by atoms with van der Waals surface area (Å²) in [6.07, 6.45) is 1.64. The Morgan fingerprint density at radius 3 is 1.95 bits per heavy atom. The predicted molar refractivity (Wildman–Crippen MR) is 86.8 cm³/mol. The first-order valence-electron chi connectivity index (χ1n) is 7.01. The van der Waals surface area contributed by atoms with Crippen molar-refractivity contribution in [3.63, 3.8) is 0 Å². The zero-order valence-corrected chi connectivity index (χ0v) is 14.1. The Labute approximate surface area is 132 Å². The van der Waals surface area contributed by atoms with E-state index in [0.29, 0.717) is 25.0 Å². The zero-order valence-electron chi connectivity index (χ0n) is 12.5. The first-order chi connectivity index (χ1) is 9.49. The minimum atomic E-state index is 0.0826. The molecule has 0 saturated heterocycles. The molecule has 1 aromatic rings. The number of alkyl halides is 2. The highest BCUT2D eigenvalue weighted by atomic mass is 35.5. The van der Waals surface area contributed by atoms with Crippen LogP contribution in [-0.2, 0) is 5.41 Å². The molecule has 0 amide bonds. The third-order valence-electron chi connectivity index (χ3n) is 2.88. The van der Waals surface area contributed by atoms with Crippen LogP contribution >= 0.6 is 23.2 Å². The summed E-state index contributed by atoms with van der Waals surface area (Å²) in [5.74, 6) is 2.76. The molecule has 0 fully saturated rings. The highest BCUT2D eigenvalue weighted by Crippen LogP contribution is 2.33. The fraction of sp³-hybridized carbons (Fsp3) is 0.625. The van der Waals surface area contributed by atoms with Gasteiger partial charge in [0.2, 0.25) is 0 Å². The molecule has 1 aromatic carbocycles. The smallest absolute Gasteiger partial charge is 0.161 e. The summed E-state index contributed by atoms with van der Waals surface area (Å²) in [6, 6.07) is 6.12. The van der Waals surface area contributed by atoms with Crippen molar-refractivity contribution in [2.75, 3.05) is 25.0 Å². The Morgan fingerprint density at radius 1 is 0.900 bits per heavy atom. The van der Waals surface area contributed by atoms with E-state index in [1.807, 2.05) is 6.07 Å². The summed E-state index contributed by atoms with van der Waals surface area (Å²) in [4.78, 5) is 0. The van der Waals surface area contributed by atoms with Gasteiger partial charge < -0.3 is 9.47 Å². The van der Waals surface area contributed by atoms with E-state index < -0.39 is 0 Å². The van der Waals surface area contributed by atoms with Gasteiger partial charge in [-0.3, -0.25) is 0 Å². The molecule has 0 atom stereocenters. The average molecular weight is 319 g/mol. The van der Waals surface area contributed by atoms with Crippen molar-refractivity contribution in [3.05, 3.63) is 23.8 Å². The molecular formula is C16H24Cl2O2. The van der Waals surface area contributed by atoms with Gasteiger partial charge in [0.05, 0.1) is 13.2 Å². The van der Waals surface area contributed by atoms with Crippen molar-refractivity contribution in [2.45, 2.75) is 39.0 Å². The van der Waals surface area contributed by atoms with Crippen LogP contribution in [0.1, 0.15) is 39.2 Å². The third kappa shape index (κ3) is 5.80. The van der Waals surface area contributed by atoms with E-state index in [9.17, 15) is 0 Å². The Morgan fingerprint density at radius 2 is 1.45 bits per heavy atom. The lowest BCUT2D eigenvalue weighted by Gasteiger charge is -2.21. The van der Waals surface area contributed by atoms with Crippen LogP contribution in [0.15, 0.2) is 18.2 Å². The quantitative estimate of drug-likeness (QED) is 0.496. The Balaban J connectivity index is 2.85. The molecule has 0 spiro atoms. The molecule has 0 aromatic heterocycles. The van der Waals surface area contributed by atoms with Gasteiger partial charge in [0.25, 0.3) is 0 Å². The highest BCUT2D eigenvalue weighted by molar-refractivity contribution is 6.18. The van der Waals surface area contributed by atoms with Gasteiger partial charge in [0.1, 0.15) is 0 Å². The van der Waals surface area contributed by atoms with Crippen LogP contribution in [0.2, 0.25) is 0 Å². The van der Waals surface area contributed by atoms with Gasteiger partial charge in [-0.05, 0) is 36.0 Å². The lowest BCUT2D eigenvalue weighted by molar-refractivity contribution is 0.268. The van der Waals surface area contributed by atoms with E-state index in [1.165, 1.54) is 5.56 Å². The van der Waals surface area contributed by atoms with Crippen molar-refractivity contribution < 1.29 is 9.47 Å². The summed E-state index contributed by atoms with van der Waals surface area (Å²) in [5.41, 5.74) is 1.31. The van der Waals surface area contributed by atoms with E-state index in [1.54, 1.807) is 0 Å². The molecule has 20 heavy (non-hydrogen) atoms. The molecule has 0 aliphatic rings. The van der Waals surface area contributed by atoms with Gasteiger partial charge in [-0.25, -0.2) is 0 Å². The van der Waals surface area contributed by atoms with Crippen LogP contribution in [0.5, 0.6) is 11.5 Å². The molecule has 0 aliphatic heterocycles. The molecule has 0 bridgehead atoms. The van der Waals surface area contributed by atoms with Gasteiger partial charge in [-0.15, -0.1) is 23.2 Å². The summed E-state index contributed by atoms with van der Waals surface area (Å²) < 4.78 is 11.5. The average Bonchev–Trinajstić information content (AvgIpc) is 2.39. The first kappa shape index (κ1) is 17.5. The van der Waals surface area contributed by atoms with Crippen LogP contribution in [0.3, 0.4) is 0 Å². The second-order valence-electron chi connectivity index (χ2n) is 5.69. The second kappa shape index (κ2) is 8.63. The van der Waals surface area contributed by atoms with Gasteiger partial charge >= 0.3 is 0 Å². The van der Waals surface area contributed by atoms with E-state index in [-0.39, 0.29) is 5.41 Å². The summed E-state index contributed by atoms with van der Waals surface area (Å²) in [5, 5.41) is 0. The van der Waals surface area contributed by atoms with E-state index in [2.05, 4.69) is 32.9 Å². The second-order valence-corrected chi connectivity index (χ2v) is 6.45. The van der Waals surface area contributed by atoms with Crippen LogP contribution in [0, 0.1) is 0 Å². The molecular weight excluding hydrogens is 295 g/mol. The van der Waals surface area contributed by atoms with Crippen molar-refractivity contribution >= 4 is 23.2 Å². The number of halogens is 2. The summed E-state index contributed by atoms with van der Waals surface area (Å²) in [6.45, 7) is 7.74. The maximum Gasteiger partial charge on any atom is 0.161 e. The molecule has 0 unspecified atom stereocenters. The highest BCUT2D eigenvalue weighted by Gasteiger charge is 2.16. The van der Waals surface area contributed by atoms with Crippen molar-refractivity contribution in [3.8, 4) is 11.5 Å². The van der Waals surface area contributed by atoms with Crippen LogP contribution in [-0.4, -0.2) is 25.0 Å². The van der Waals surface area contributed by atoms with Gasteiger partial charge in [-0.2, -0.15) is 0 Å². The van der Waals surface area contributed by atoms with E-state index >= 15 is 0 Å². The normalized spacial score (nSPS) is 11.4. The number of hydrogen-bond acceptors (Lipinski definition) is 2. The maximum atomic E-state index is 5.80. The van der Waals surface area contributed by atoms with Crippen LogP contribution in [0.25, 0.3) is 0 Å². The largest absolute Gasteiger partial charge is 0.490 e. The lowest BCUT2D eigenvalue weighted by Crippen LogP contribution is -2.12. The molecule has 0 aliphatic carbocycles. The Bertz CT molecular complexity index is 400. The van der Waals surface area contributed by atoms with Gasteiger partial charge in [0, 0.05) is 11.8 Å². The molecule has 0 radical (unpaired) electrons. The summed E-state index contributed by atoms with van der Waals surface area (Å²) >= 11 is 11.4. The molecule has 1 rings (SSSR count). The topological polar surface area (TPSA) is 18.5 Å². The molecule has 2 nitrogen and oxygen atoms in total. The van der Waals surface area contributed by atoms with E-state index in [4.69, 9.17) is 32.7 Å². The number of rotatable bonds is 8. The third-order valence-corrected chi connectivity index (χ3v) is 3.42. The standard InChI is InChI=1S/C16H24Cl2O2/c1-16(2,3)13-6-7-14(19-10-4-8-17)15(12-13)20-11-5-9-18/h6-7,12H,4-5,8-11H2,1-3H3. The fourth-order valence-electron chi connectivity index (χ4n) is 1.68. The Kier molecular flexibility index (Phi) is 7.53. The zero-order chi connectivity index (χ0) is 15.0. The SMILES string of the molecule is CC(C)(C)c1ccc(OCCCCl)c(OCCCCl)c1. The Hall–Kier alpha value is -0.600. The van der Waals surface area contributed by atoms with Crippen molar-refractivity contribution in [2.24, 2.45) is 0 Å². The fourth-order valence-corrected chi connectivity index (χ4v) is 1.90. The van der Waals surface area contributed by atoms with Crippen LogP contribution in [0.4, 0.5) is 0 Å². The number of benzene rings is 1. The molecule has 114 valence electrons. The summed E-state index contributed by atoms with van der Waals surface area (Å²) in [7, 11) is 0. The molecule has 0 saturated carbocycles. The van der Waals surface area contributed by atoms with Crippen molar-refractivity contribution in [1.29, 1.82) is 0 Å². The molecule has 0 N–H and O–H groups in total. The van der Waals surface area contributed by atoms with Gasteiger partial charge in [-0.1, -0.05) is 26.8 Å². The number of ether oxygens (including phenoxy) is 2. The van der Waals surface area contributed by atoms with Crippen LogP contribution < -0.4 is 9.47 Å².